The van der Waals surface area contributed by atoms with E-state index in [9.17, 15) is 9.59 Å². The van der Waals surface area contributed by atoms with Crippen LogP contribution in [0.5, 0.6) is 0 Å². The standard InChI is InChI=1S/C18H25NO3/c1-4-12-5-7-13(8-6-12)18(2,3)11-19-16(20)14-9-10-15(14)17(21)22/h5-8,14-15H,4,9-11H2,1-3H3,(H,19,20)(H,21,22). The number of aryl methyl sites for hydroxylation is 1. The highest BCUT2D eigenvalue weighted by Crippen LogP contribution is 2.34. The number of aliphatic carboxylic acids is 1. The summed E-state index contributed by atoms with van der Waals surface area (Å²) >= 11 is 0. The monoisotopic (exact) mass is 303 g/mol. The van der Waals surface area contributed by atoms with Crippen LogP contribution in [0.1, 0.15) is 44.7 Å². The molecule has 120 valence electrons. The first-order valence-corrected chi connectivity index (χ1v) is 7.95. The van der Waals surface area contributed by atoms with Gasteiger partial charge in [-0.3, -0.25) is 9.59 Å². The van der Waals surface area contributed by atoms with Crippen molar-refractivity contribution in [1.82, 2.24) is 5.32 Å². The third kappa shape index (κ3) is 3.49. The zero-order valence-corrected chi connectivity index (χ0v) is 13.6. The van der Waals surface area contributed by atoms with Gasteiger partial charge in [-0.15, -0.1) is 0 Å². The van der Waals surface area contributed by atoms with Gasteiger partial charge in [0.15, 0.2) is 0 Å². The number of nitrogens with one attached hydrogen (secondary N) is 1. The lowest BCUT2D eigenvalue weighted by atomic mass is 9.73. The molecule has 2 unspecified atom stereocenters. The fourth-order valence-electron chi connectivity index (χ4n) is 2.84. The number of hydrogen-bond acceptors (Lipinski definition) is 2. The maximum absolute atomic E-state index is 12.1. The van der Waals surface area contributed by atoms with Crippen molar-refractivity contribution < 1.29 is 14.7 Å². The number of hydrogen-bond donors (Lipinski definition) is 2. The summed E-state index contributed by atoms with van der Waals surface area (Å²) in [6, 6.07) is 8.44. The van der Waals surface area contributed by atoms with Crippen LogP contribution in [0.4, 0.5) is 0 Å². The predicted octanol–water partition coefficient (Wildman–Crippen LogP) is 2.75. The first-order valence-electron chi connectivity index (χ1n) is 7.95. The van der Waals surface area contributed by atoms with E-state index in [1.165, 1.54) is 11.1 Å². The Morgan fingerprint density at radius 3 is 2.23 bits per heavy atom. The van der Waals surface area contributed by atoms with Crippen molar-refractivity contribution in [3.8, 4) is 0 Å². The zero-order valence-electron chi connectivity index (χ0n) is 13.6. The molecular formula is C18H25NO3. The Hall–Kier alpha value is -1.84. The van der Waals surface area contributed by atoms with Crippen LogP contribution < -0.4 is 5.32 Å². The lowest BCUT2D eigenvalue weighted by Gasteiger charge is -2.33. The maximum atomic E-state index is 12.1. The molecule has 4 heteroatoms. The Bertz CT molecular complexity index is 548. The van der Waals surface area contributed by atoms with E-state index in [4.69, 9.17) is 5.11 Å². The highest BCUT2D eigenvalue weighted by molar-refractivity contribution is 5.86. The van der Waals surface area contributed by atoms with Crippen LogP contribution in [0.15, 0.2) is 24.3 Å². The van der Waals surface area contributed by atoms with Crippen LogP contribution in [0.2, 0.25) is 0 Å². The van der Waals surface area contributed by atoms with E-state index in [0.717, 1.165) is 6.42 Å². The topological polar surface area (TPSA) is 66.4 Å². The second kappa shape index (κ2) is 6.51. The van der Waals surface area contributed by atoms with Crippen molar-refractivity contribution in [1.29, 1.82) is 0 Å². The SMILES string of the molecule is CCc1ccc(C(C)(C)CNC(=O)C2CCC2C(=O)O)cc1. The molecule has 2 rings (SSSR count). The molecular weight excluding hydrogens is 278 g/mol. The zero-order chi connectivity index (χ0) is 16.3. The number of benzene rings is 1. The average molecular weight is 303 g/mol. The van der Waals surface area contributed by atoms with Crippen LogP contribution in [0, 0.1) is 11.8 Å². The Morgan fingerprint density at radius 2 is 1.77 bits per heavy atom. The summed E-state index contributed by atoms with van der Waals surface area (Å²) in [6.45, 7) is 6.81. The third-order valence-corrected chi connectivity index (χ3v) is 4.78. The molecule has 1 fully saturated rings. The molecule has 1 aromatic rings. The van der Waals surface area contributed by atoms with Crippen molar-refractivity contribution in [2.75, 3.05) is 6.54 Å². The van der Waals surface area contributed by atoms with Crippen LogP contribution in [-0.2, 0) is 21.4 Å². The van der Waals surface area contributed by atoms with Crippen LogP contribution in [0.25, 0.3) is 0 Å². The van der Waals surface area contributed by atoms with E-state index in [1.54, 1.807) is 0 Å². The summed E-state index contributed by atoms with van der Waals surface area (Å²) in [5.74, 6) is -1.86. The van der Waals surface area contributed by atoms with Crippen LogP contribution >= 0.6 is 0 Å². The molecule has 22 heavy (non-hydrogen) atoms. The van der Waals surface area contributed by atoms with Gasteiger partial charge in [0.2, 0.25) is 5.91 Å². The molecule has 1 aromatic carbocycles. The number of carboxylic acid groups (broad SMARTS) is 1. The van der Waals surface area contributed by atoms with Crippen molar-refractivity contribution >= 4 is 11.9 Å². The van der Waals surface area contributed by atoms with Gasteiger partial charge < -0.3 is 10.4 Å². The maximum Gasteiger partial charge on any atom is 0.307 e. The van der Waals surface area contributed by atoms with Crippen LogP contribution in [-0.4, -0.2) is 23.5 Å². The molecule has 0 bridgehead atoms. The number of rotatable bonds is 6. The summed E-state index contributed by atoms with van der Waals surface area (Å²) in [4.78, 5) is 23.1. The minimum Gasteiger partial charge on any atom is -0.481 e. The molecule has 0 heterocycles. The fraction of sp³-hybridized carbons (Fsp3) is 0.556. The van der Waals surface area contributed by atoms with Crippen LogP contribution in [0.3, 0.4) is 0 Å². The lowest BCUT2D eigenvalue weighted by Crippen LogP contribution is -2.47. The van der Waals surface area contributed by atoms with E-state index in [1.807, 2.05) is 0 Å². The Labute approximate surface area is 131 Å². The second-order valence-corrected chi connectivity index (χ2v) is 6.78. The summed E-state index contributed by atoms with van der Waals surface area (Å²) in [6.07, 6.45) is 2.29. The molecule has 4 nitrogen and oxygen atoms in total. The van der Waals surface area contributed by atoms with Crippen molar-refractivity contribution in [2.24, 2.45) is 11.8 Å². The minimum absolute atomic E-state index is 0.128. The van der Waals surface area contributed by atoms with E-state index in [0.29, 0.717) is 19.4 Å². The smallest absolute Gasteiger partial charge is 0.307 e. The Kier molecular flexibility index (Phi) is 4.89. The molecule has 2 N–H and O–H groups in total. The van der Waals surface area contributed by atoms with Gasteiger partial charge in [-0.1, -0.05) is 45.0 Å². The quantitative estimate of drug-likeness (QED) is 0.849. The summed E-state index contributed by atoms with van der Waals surface area (Å²) < 4.78 is 0. The largest absolute Gasteiger partial charge is 0.481 e. The van der Waals surface area contributed by atoms with E-state index in [2.05, 4.69) is 50.4 Å². The van der Waals surface area contributed by atoms with Gasteiger partial charge in [0.1, 0.15) is 0 Å². The number of carbonyl (C=O) groups excluding carboxylic acids is 1. The van der Waals surface area contributed by atoms with E-state index >= 15 is 0 Å². The Balaban J connectivity index is 1.94. The lowest BCUT2D eigenvalue weighted by molar-refractivity contribution is -0.152. The predicted molar refractivity (Wildman–Crippen MR) is 85.7 cm³/mol. The van der Waals surface area contributed by atoms with Gasteiger partial charge >= 0.3 is 5.97 Å². The van der Waals surface area contributed by atoms with Gasteiger partial charge in [0.05, 0.1) is 11.8 Å². The number of carboxylic acids is 1. The molecule has 1 aliphatic carbocycles. The average Bonchev–Trinajstić information content (AvgIpc) is 2.43. The number of amides is 1. The van der Waals surface area contributed by atoms with Crippen molar-refractivity contribution in [2.45, 2.75) is 45.4 Å². The Morgan fingerprint density at radius 1 is 1.18 bits per heavy atom. The molecule has 1 aliphatic rings. The van der Waals surface area contributed by atoms with Gasteiger partial charge in [0.25, 0.3) is 0 Å². The highest BCUT2D eigenvalue weighted by Gasteiger charge is 2.41. The second-order valence-electron chi connectivity index (χ2n) is 6.78. The summed E-state index contributed by atoms with van der Waals surface area (Å²) in [5, 5.41) is 12.0. The molecule has 0 spiro atoms. The molecule has 1 saturated carbocycles. The molecule has 0 aromatic heterocycles. The molecule has 0 saturated heterocycles. The highest BCUT2D eigenvalue weighted by atomic mass is 16.4. The number of carbonyl (C=O) groups is 2. The van der Waals surface area contributed by atoms with Crippen molar-refractivity contribution in [3.63, 3.8) is 0 Å². The first-order chi connectivity index (χ1) is 10.3. The summed E-state index contributed by atoms with van der Waals surface area (Å²) in [5.41, 5.74) is 2.29. The van der Waals surface area contributed by atoms with Gasteiger partial charge in [-0.25, -0.2) is 0 Å². The third-order valence-electron chi connectivity index (χ3n) is 4.78. The molecule has 1 amide bonds. The normalized spacial score (nSPS) is 21.0. The minimum atomic E-state index is -0.860. The first kappa shape index (κ1) is 16.5. The van der Waals surface area contributed by atoms with Gasteiger partial charge in [-0.2, -0.15) is 0 Å². The molecule has 2 atom stereocenters. The fourth-order valence-corrected chi connectivity index (χ4v) is 2.84. The van der Waals surface area contributed by atoms with Gasteiger partial charge in [-0.05, 0) is 30.4 Å². The van der Waals surface area contributed by atoms with Crippen molar-refractivity contribution in [3.05, 3.63) is 35.4 Å². The summed E-state index contributed by atoms with van der Waals surface area (Å²) in [7, 11) is 0. The molecule has 0 radical (unpaired) electrons. The van der Waals surface area contributed by atoms with Gasteiger partial charge in [0, 0.05) is 12.0 Å². The van der Waals surface area contributed by atoms with E-state index < -0.39 is 11.9 Å². The molecule has 0 aliphatic heterocycles. The van der Waals surface area contributed by atoms with E-state index in [-0.39, 0.29) is 17.2 Å².